The Balaban J connectivity index is 2.39. The van der Waals surface area contributed by atoms with Crippen LogP contribution in [-0.2, 0) is 0 Å². The number of nitrogens with one attached hydrogen (secondary N) is 1. The molecule has 2 nitrogen and oxygen atoms in total. The number of nitrogens with zero attached hydrogens (tertiary/aromatic N) is 1. The highest BCUT2D eigenvalue weighted by atomic mass is 32.1. The average Bonchev–Trinajstić information content (AvgIpc) is 2.94. The summed E-state index contributed by atoms with van der Waals surface area (Å²) < 4.78 is 0. The summed E-state index contributed by atoms with van der Waals surface area (Å²) in [5.41, 5.74) is 5.29. The molecule has 1 saturated heterocycles. The van der Waals surface area contributed by atoms with E-state index in [0.717, 1.165) is 103 Å². The molecule has 1 fully saturated rings. The van der Waals surface area contributed by atoms with E-state index in [4.69, 9.17) is 73.3 Å². The van der Waals surface area contributed by atoms with Gasteiger partial charge in [-0.15, -0.1) is 0 Å². The highest BCUT2D eigenvalue weighted by Gasteiger charge is 2.19. The second kappa shape index (κ2) is 21.0. The van der Waals surface area contributed by atoms with Gasteiger partial charge in [-0.05, 0) is 145 Å². The fraction of sp³-hybridized carbons (Fsp3) is 0.733. The van der Waals surface area contributed by atoms with Gasteiger partial charge < -0.3 is 0 Å². The number of thiocarbonyl (C=S) groups is 6. The van der Waals surface area contributed by atoms with Crippen LogP contribution in [-0.4, -0.2) is 56.8 Å². The maximum absolute atomic E-state index is 5.48. The molecular weight excluding hydrogens is 581 g/mol. The van der Waals surface area contributed by atoms with Crippen molar-refractivity contribution < 1.29 is 0 Å². The third-order valence-corrected chi connectivity index (χ3v) is 10.7. The standard InChI is InChI=1S/C30H46N2S6/c33-18-25-4-1-24-2-5-26(19-34)8-10-29(22-37)14-16-32(15-13-28(21-36)9-7-25)31-17-30(23-38)12-11-27(20-35)6-3-24/h1,18-23,25-31H,2-17H2/b24-1-. The molecule has 0 amide bonds. The Morgan fingerprint density at radius 2 is 0.921 bits per heavy atom. The minimum atomic E-state index is 0.354. The van der Waals surface area contributed by atoms with Gasteiger partial charge in [0.1, 0.15) is 0 Å². The van der Waals surface area contributed by atoms with Crippen LogP contribution in [0.25, 0.3) is 0 Å². The first kappa shape index (κ1) is 34.4. The molecule has 0 aromatic rings. The van der Waals surface area contributed by atoms with E-state index in [-0.39, 0.29) is 0 Å². The lowest BCUT2D eigenvalue weighted by Crippen LogP contribution is -2.43. The van der Waals surface area contributed by atoms with Crippen molar-refractivity contribution >= 4 is 106 Å². The molecule has 0 radical (unpaired) electrons. The van der Waals surface area contributed by atoms with E-state index in [1.807, 2.05) is 32.2 Å². The molecule has 0 aromatic carbocycles. The first-order valence-corrected chi connectivity index (χ1v) is 17.3. The van der Waals surface area contributed by atoms with Crippen molar-refractivity contribution in [1.82, 2.24) is 10.4 Å². The molecule has 0 aromatic heterocycles. The largest absolute Gasteiger partial charge is 0.255 e. The van der Waals surface area contributed by atoms with Crippen LogP contribution < -0.4 is 5.43 Å². The topological polar surface area (TPSA) is 15.3 Å². The zero-order chi connectivity index (χ0) is 27.6. The quantitative estimate of drug-likeness (QED) is 0.230. The second-order valence-electron chi connectivity index (χ2n) is 11.2. The van der Waals surface area contributed by atoms with Crippen LogP contribution in [0.5, 0.6) is 0 Å². The number of hydrogen-bond donors (Lipinski definition) is 1. The van der Waals surface area contributed by atoms with Crippen molar-refractivity contribution in [2.45, 2.75) is 83.5 Å². The van der Waals surface area contributed by atoms with Crippen LogP contribution in [0.3, 0.4) is 0 Å². The van der Waals surface area contributed by atoms with Gasteiger partial charge in [-0.25, -0.2) is 5.01 Å². The average molecular weight is 627 g/mol. The number of hydrazine groups is 1. The van der Waals surface area contributed by atoms with E-state index in [1.54, 1.807) is 5.57 Å². The van der Waals surface area contributed by atoms with Crippen molar-refractivity contribution in [2.75, 3.05) is 19.6 Å². The van der Waals surface area contributed by atoms with Crippen molar-refractivity contribution in [3.8, 4) is 0 Å². The number of hydrogen-bond acceptors (Lipinski definition) is 8. The van der Waals surface area contributed by atoms with Gasteiger partial charge in [-0.2, -0.15) is 0 Å². The molecule has 0 saturated carbocycles. The van der Waals surface area contributed by atoms with E-state index in [9.17, 15) is 0 Å². The Hall–Kier alpha value is 0.200. The first-order chi connectivity index (χ1) is 18.5. The van der Waals surface area contributed by atoms with Crippen molar-refractivity contribution in [3.05, 3.63) is 11.6 Å². The molecule has 7 unspecified atom stereocenters. The summed E-state index contributed by atoms with van der Waals surface area (Å²) in [5, 5.41) is 14.3. The third kappa shape index (κ3) is 13.7. The molecule has 212 valence electrons. The van der Waals surface area contributed by atoms with Crippen LogP contribution in [0.15, 0.2) is 11.6 Å². The monoisotopic (exact) mass is 626 g/mol. The highest BCUT2D eigenvalue weighted by Crippen LogP contribution is 2.27. The van der Waals surface area contributed by atoms with Gasteiger partial charge in [-0.1, -0.05) is 85.0 Å². The summed E-state index contributed by atoms with van der Waals surface area (Å²) in [4.78, 5) is 0. The fourth-order valence-corrected chi connectivity index (χ4v) is 6.98. The normalized spacial score (nSPS) is 34.9. The van der Waals surface area contributed by atoms with E-state index < -0.39 is 0 Å². The predicted octanol–water partition coefficient (Wildman–Crippen LogP) is 8.51. The van der Waals surface area contributed by atoms with Crippen LogP contribution >= 0.6 is 73.3 Å². The van der Waals surface area contributed by atoms with Crippen molar-refractivity contribution in [3.63, 3.8) is 0 Å². The highest BCUT2D eigenvalue weighted by molar-refractivity contribution is 7.79. The van der Waals surface area contributed by atoms with Gasteiger partial charge in [-0.3, -0.25) is 5.43 Å². The van der Waals surface area contributed by atoms with Gasteiger partial charge in [0.05, 0.1) is 0 Å². The number of rotatable bonds is 6. The second-order valence-corrected chi connectivity index (χ2v) is 12.8. The first-order valence-electron chi connectivity index (χ1n) is 14.4. The Bertz CT molecular complexity index is 743. The Labute approximate surface area is 264 Å². The summed E-state index contributed by atoms with van der Waals surface area (Å²) in [6.45, 7) is 2.79. The predicted molar refractivity (Wildman–Crippen MR) is 191 cm³/mol. The molecule has 0 aliphatic carbocycles. The zero-order valence-corrected chi connectivity index (χ0v) is 27.6. The summed E-state index contributed by atoms with van der Waals surface area (Å²) in [6, 6.07) is 0. The van der Waals surface area contributed by atoms with Crippen LogP contribution in [0, 0.1) is 35.5 Å². The molecule has 7 atom stereocenters. The fourth-order valence-electron chi connectivity index (χ4n) is 5.41. The van der Waals surface area contributed by atoms with Gasteiger partial charge in [0.25, 0.3) is 0 Å². The molecule has 3 aliphatic heterocycles. The molecule has 0 spiro atoms. The molecule has 38 heavy (non-hydrogen) atoms. The number of allylic oxidation sites excluding steroid dienone is 2. The minimum Gasteiger partial charge on any atom is -0.255 e. The van der Waals surface area contributed by atoms with Gasteiger partial charge in [0.15, 0.2) is 0 Å². The van der Waals surface area contributed by atoms with Crippen LogP contribution in [0.1, 0.15) is 83.5 Å². The maximum Gasteiger partial charge on any atom is 0.0173 e. The van der Waals surface area contributed by atoms with Gasteiger partial charge in [0.2, 0.25) is 0 Å². The molecule has 3 aliphatic rings. The number of fused-ring (bicyclic) bond motifs is 21. The Morgan fingerprint density at radius 1 is 0.526 bits per heavy atom. The Morgan fingerprint density at radius 3 is 1.37 bits per heavy atom. The maximum atomic E-state index is 5.48. The lowest BCUT2D eigenvalue weighted by atomic mass is 9.87. The summed E-state index contributed by atoms with van der Waals surface area (Å²) in [7, 11) is 0. The molecule has 3 rings (SSSR count). The zero-order valence-electron chi connectivity index (χ0n) is 22.7. The Kier molecular flexibility index (Phi) is 19.0. The molecule has 3 heterocycles. The molecule has 2 bridgehead atoms. The third-order valence-electron chi connectivity index (χ3n) is 8.38. The van der Waals surface area contributed by atoms with Gasteiger partial charge >= 0.3 is 0 Å². The van der Waals surface area contributed by atoms with Gasteiger partial charge in [0, 0.05) is 25.6 Å². The molecular formula is C30H46N2S6. The van der Waals surface area contributed by atoms with E-state index in [2.05, 4.69) is 16.5 Å². The lowest BCUT2D eigenvalue weighted by Gasteiger charge is -2.29. The van der Waals surface area contributed by atoms with Crippen molar-refractivity contribution in [1.29, 1.82) is 0 Å². The smallest absolute Gasteiger partial charge is 0.0173 e. The van der Waals surface area contributed by atoms with E-state index in [0.29, 0.717) is 35.5 Å². The molecule has 8 heteroatoms. The van der Waals surface area contributed by atoms with Crippen molar-refractivity contribution in [2.24, 2.45) is 35.5 Å². The lowest BCUT2D eigenvalue weighted by molar-refractivity contribution is 0.164. The summed E-state index contributed by atoms with van der Waals surface area (Å²) in [5.74, 6) is 2.50. The van der Waals surface area contributed by atoms with E-state index >= 15 is 0 Å². The summed E-state index contributed by atoms with van der Waals surface area (Å²) >= 11 is 32.8. The minimum absolute atomic E-state index is 0.354. The summed E-state index contributed by atoms with van der Waals surface area (Å²) in [6.07, 6.45) is 16.5. The molecule has 1 N–H and O–H groups in total. The van der Waals surface area contributed by atoms with Crippen LogP contribution in [0.4, 0.5) is 0 Å². The van der Waals surface area contributed by atoms with Crippen LogP contribution in [0.2, 0.25) is 0 Å². The SMILES string of the molecule is S=CC1C/C=C2/CCC(C=S)CCC(C=S)CCN(CCC(C=S)CC1)NCC(C=S)CCC(C=S)CC2. The van der Waals surface area contributed by atoms with E-state index in [1.165, 1.54) is 0 Å².